The van der Waals surface area contributed by atoms with Crippen LogP contribution >= 0.6 is 23.2 Å². The van der Waals surface area contributed by atoms with Gasteiger partial charge in [0.25, 0.3) is 0 Å². The molecule has 0 spiro atoms. The smallest absolute Gasteiger partial charge is 0.0964 e. The van der Waals surface area contributed by atoms with Gasteiger partial charge in [0.15, 0.2) is 0 Å². The van der Waals surface area contributed by atoms with Crippen molar-refractivity contribution < 1.29 is 0 Å². The molecule has 0 bridgehead atoms. The third-order valence-corrected chi connectivity index (χ3v) is 3.23. The minimum Gasteiger partial charge on any atom is -0.304 e. The Kier molecular flexibility index (Phi) is 4.22. The predicted octanol–water partition coefficient (Wildman–Crippen LogP) is 2.97. The van der Waals surface area contributed by atoms with Crippen molar-refractivity contribution in [3.63, 3.8) is 0 Å². The predicted molar refractivity (Wildman–Crippen MR) is 72.7 cm³/mol. The second-order valence-electron chi connectivity index (χ2n) is 4.15. The Balaban J connectivity index is 2.01. The molecule has 1 heterocycles. The van der Waals surface area contributed by atoms with E-state index >= 15 is 0 Å². The Bertz CT molecular complexity index is 539. The normalized spacial score (nSPS) is 12.7. The maximum atomic E-state index is 6.15. The molecule has 1 aromatic carbocycles. The molecule has 6 heteroatoms. The van der Waals surface area contributed by atoms with Gasteiger partial charge in [-0.05, 0) is 24.6 Å². The van der Waals surface area contributed by atoms with Crippen LogP contribution in [0, 0.1) is 0 Å². The van der Waals surface area contributed by atoms with Crippen molar-refractivity contribution in [2.24, 2.45) is 7.05 Å². The Hall–Kier alpha value is -1.10. The number of rotatable bonds is 4. The molecule has 0 radical (unpaired) electrons. The number of benzene rings is 1. The van der Waals surface area contributed by atoms with Gasteiger partial charge in [-0.15, -0.1) is 5.10 Å². The highest BCUT2D eigenvalue weighted by atomic mass is 35.5. The summed E-state index contributed by atoms with van der Waals surface area (Å²) in [7, 11) is 1.84. The van der Waals surface area contributed by atoms with Crippen LogP contribution in [-0.2, 0) is 13.6 Å². The fraction of sp³-hybridized carbons (Fsp3) is 0.333. The van der Waals surface area contributed by atoms with Crippen LogP contribution in [0.2, 0.25) is 10.0 Å². The molecule has 1 aromatic heterocycles. The number of hydrogen-bond acceptors (Lipinski definition) is 3. The number of hydrogen-bond donors (Lipinski definition) is 1. The molecule has 0 aliphatic carbocycles. The maximum absolute atomic E-state index is 6.15. The van der Waals surface area contributed by atoms with Crippen molar-refractivity contribution in [3.8, 4) is 0 Å². The highest BCUT2D eigenvalue weighted by molar-refractivity contribution is 6.35. The van der Waals surface area contributed by atoms with E-state index in [0.29, 0.717) is 16.6 Å². The summed E-state index contributed by atoms with van der Waals surface area (Å²) >= 11 is 12.0. The van der Waals surface area contributed by atoms with Crippen LogP contribution in [0.5, 0.6) is 0 Å². The second-order valence-corrected chi connectivity index (χ2v) is 5.00. The van der Waals surface area contributed by atoms with Crippen LogP contribution in [0.3, 0.4) is 0 Å². The quantitative estimate of drug-likeness (QED) is 0.939. The van der Waals surface area contributed by atoms with Crippen molar-refractivity contribution in [1.29, 1.82) is 0 Å². The summed E-state index contributed by atoms with van der Waals surface area (Å²) in [6.07, 6.45) is 1.88. The van der Waals surface area contributed by atoms with E-state index < -0.39 is 0 Å². The molecule has 2 aromatic rings. The van der Waals surface area contributed by atoms with E-state index in [4.69, 9.17) is 23.2 Å². The Labute approximate surface area is 116 Å². The molecule has 1 atom stereocenters. The second kappa shape index (κ2) is 5.69. The summed E-state index contributed by atoms with van der Waals surface area (Å²) < 4.78 is 1.68. The van der Waals surface area contributed by atoms with Gasteiger partial charge in [-0.1, -0.05) is 34.5 Å². The molecule has 0 saturated heterocycles. The Morgan fingerprint density at radius 3 is 2.78 bits per heavy atom. The van der Waals surface area contributed by atoms with E-state index in [9.17, 15) is 0 Å². The lowest BCUT2D eigenvalue weighted by Gasteiger charge is -2.14. The van der Waals surface area contributed by atoms with Crippen molar-refractivity contribution in [1.82, 2.24) is 20.3 Å². The summed E-state index contributed by atoms with van der Waals surface area (Å²) in [5.41, 5.74) is 1.92. The van der Waals surface area contributed by atoms with Gasteiger partial charge in [0, 0.05) is 35.9 Å². The highest BCUT2D eigenvalue weighted by Crippen LogP contribution is 2.26. The average molecular weight is 285 g/mol. The largest absolute Gasteiger partial charge is 0.304 e. The van der Waals surface area contributed by atoms with Gasteiger partial charge in [0.2, 0.25) is 0 Å². The summed E-state index contributed by atoms with van der Waals surface area (Å²) in [5, 5.41) is 12.6. The molecule has 18 heavy (non-hydrogen) atoms. The molecule has 1 unspecified atom stereocenters. The van der Waals surface area contributed by atoms with Crippen molar-refractivity contribution in [2.75, 3.05) is 0 Å². The Morgan fingerprint density at radius 1 is 1.39 bits per heavy atom. The standard InChI is InChI=1S/C12H14Cl2N4/c1-8(11-4-3-9(13)5-12(11)14)15-6-10-7-18(2)17-16-10/h3-5,7-8,15H,6H2,1-2H3. The number of aryl methyl sites for hydroxylation is 1. The highest BCUT2D eigenvalue weighted by Gasteiger charge is 2.10. The zero-order chi connectivity index (χ0) is 13.1. The monoisotopic (exact) mass is 284 g/mol. The number of aromatic nitrogens is 3. The molecule has 4 nitrogen and oxygen atoms in total. The minimum atomic E-state index is 0.122. The zero-order valence-electron chi connectivity index (χ0n) is 10.2. The molecule has 0 aliphatic rings. The first-order chi connectivity index (χ1) is 8.56. The topological polar surface area (TPSA) is 42.7 Å². The van der Waals surface area contributed by atoms with E-state index in [1.54, 1.807) is 10.7 Å². The lowest BCUT2D eigenvalue weighted by molar-refractivity contribution is 0.567. The molecular formula is C12H14Cl2N4. The molecule has 0 aliphatic heterocycles. The summed E-state index contributed by atoms with van der Waals surface area (Å²) in [5.74, 6) is 0. The molecule has 0 fully saturated rings. The van der Waals surface area contributed by atoms with Crippen LogP contribution in [0.15, 0.2) is 24.4 Å². The SMILES string of the molecule is CC(NCc1cn(C)nn1)c1ccc(Cl)cc1Cl. The maximum Gasteiger partial charge on any atom is 0.0964 e. The first kappa shape index (κ1) is 13.3. The van der Waals surface area contributed by atoms with Crippen LogP contribution < -0.4 is 5.32 Å². The third kappa shape index (κ3) is 3.22. The van der Waals surface area contributed by atoms with Gasteiger partial charge in [0.05, 0.1) is 5.69 Å². The van der Waals surface area contributed by atoms with Crippen LogP contribution in [0.4, 0.5) is 0 Å². The van der Waals surface area contributed by atoms with E-state index in [2.05, 4.69) is 15.6 Å². The van der Waals surface area contributed by atoms with E-state index in [0.717, 1.165) is 11.3 Å². The van der Waals surface area contributed by atoms with Gasteiger partial charge in [-0.3, -0.25) is 4.68 Å². The van der Waals surface area contributed by atoms with Gasteiger partial charge in [0.1, 0.15) is 0 Å². The summed E-state index contributed by atoms with van der Waals surface area (Å²) in [4.78, 5) is 0. The minimum absolute atomic E-state index is 0.122. The van der Waals surface area contributed by atoms with Gasteiger partial charge in [-0.2, -0.15) is 0 Å². The third-order valence-electron chi connectivity index (χ3n) is 2.67. The van der Waals surface area contributed by atoms with Gasteiger partial charge in [-0.25, -0.2) is 0 Å². The average Bonchev–Trinajstić information content (AvgIpc) is 2.72. The van der Waals surface area contributed by atoms with Crippen LogP contribution in [0.25, 0.3) is 0 Å². The van der Waals surface area contributed by atoms with E-state index in [-0.39, 0.29) is 6.04 Å². The molecule has 96 valence electrons. The van der Waals surface area contributed by atoms with E-state index in [1.807, 2.05) is 32.3 Å². The van der Waals surface area contributed by atoms with Crippen LogP contribution in [-0.4, -0.2) is 15.0 Å². The summed E-state index contributed by atoms with van der Waals surface area (Å²) in [6, 6.07) is 5.64. The molecule has 2 rings (SSSR count). The lowest BCUT2D eigenvalue weighted by atomic mass is 10.1. The van der Waals surface area contributed by atoms with E-state index in [1.165, 1.54) is 0 Å². The summed E-state index contributed by atoms with van der Waals surface area (Å²) in [6.45, 7) is 2.69. The van der Waals surface area contributed by atoms with Crippen molar-refractivity contribution >= 4 is 23.2 Å². The number of nitrogens with zero attached hydrogens (tertiary/aromatic N) is 3. The fourth-order valence-electron chi connectivity index (χ4n) is 1.70. The zero-order valence-corrected chi connectivity index (χ0v) is 11.7. The first-order valence-corrected chi connectivity index (χ1v) is 6.35. The Morgan fingerprint density at radius 2 is 2.17 bits per heavy atom. The van der Waals surface area contributed by atoms with Gasteiger partial charge < -0.3 is 5.32 Å². The van der Waals surface area contributed by atoms with Crippen molar-refractivity contribution in [2.45, 2.75) is 19.5 Å². The molecular weight excluding hydrogens is 271 g/mol. The number of nitrogens with one attached hydrogen (secondary N) is 1. The van der Waals surface area contributed by atoms with Crippen molar-refractivity contribution in [3.05, 3.63) is 45.7 Å². The molecule has 0 saturated carbocycles. The molecule has 0 amide bonds. The van der Waals surface area contributed by atoms with Gasteiger partial charge >= 0.3 is 0 Å². The first-order valence-electron chi connectivity index (χ1n) is 5.60. The lowest BCUT2D eigenvalue weighted by Crippen LogP contribution is -2.18. The number of halogens is 2. The molecule has 1 N–H and O–H groups in total. The fourth-order valence-corrected chi connectivity index (χ4v) is 2.27. The van der Waals surface area contributed by atoms with Crippen LogP contribution in [0.1, 0.15) is 24.2 Å².